The van der Waals surface area contributed by atoms with Crippen molar-refractivity contribution in [3.63, 3.8) is 0 Å². The highest BCUT2D eigenvalue weighted by Crippen LogP contribution is 2.33. The molecule has 0 fully saturated rings. The number of hydrogen-bond donors (Lipinski definition) is 4. The maximum atomic E-state index is 11.5. The maximum Gasteiger partial charge on any atom is 0.511 e. The van der Waals surface area contributed by atoms with Crippen molar-refractivity contribution in [2.24, 2.45) is 5.92 Å². The molecule has 0 radical (unpaired) electrons. The first-order valence-corrected chi connectivity index (χ1v) is 8.09. The largest absolute Gasteiger partial charge is 0.511 e. The van der Waals surface area contributed by atoms with E-state index in [1.54, 1.807) is 0 Å². The average molecular weight is 359 g/mol. The summed E-state index contributed by atoms with van der Waals surface area (Å²) in [7, 11) is -2.94. The topological polar surface area (TPSA) is 167 Å². The quantitative estimate of drug-likeness (QED) is 0.276. The molecule has 4 N–H and O–H groups in total. The molecule has 10 nitrogen and oxygen atoms in total. The predicted octanol–water partition coefficient (Wildman–Crippen LogP) is 1.68. The number of nitro benzene ring substituents is 1. The molecule has 0 saturated carbocycles. The number of nitrogens with zero attached hydrogens (tertiary/aromatic N) is 1. The van der Waals surface area contributed by atoms with Crippen LogP contribution < -0.4 is 5.32 Å². The first kappa shape index (κ1) is 19.5. The Hall–Kier alpha value is -2.58. The van der Waals surface area contributed by atoms with Gasteiger partial charge in [0.1, 0.15) is 11.6 Å². The molecule has 0 aliphatic carbocycles. The molecule has 3 unspecified atom stereocenters. The van der Waals surface area contributed by atoms with E-state index in [2.05, 4.69) is 5.32 Å². The number of aliphatic carboxylic acids is 2. The molecular weight excluding hydrogens is 343 g/mol. The molecule has 24 heavy (non-hydrogen) atoms. The highest BCUT2D eigenvalue weighted by atomic mass is 31.1. The Bertz CT molecular complexity index is 651. The van der Waals surface area contributed by atoms with E-state index in [0.717, 1.165) is 0 Å². The molecule has 130 valence electrons. The fourth-order valence-corrected chi connectivity index (χ4v) is 2.96. The molecule has 0 bridgehead atoms. The lowest BCUT2D eigenvalue weighted by molar-refractivity contribution is -0.384. The molecule has 0 aromatic heterocycles. The second-order valence-electron chi connectivity index (χ2n) is 4.90. The van der Waals surface area contributed by atoms with Gasteiger partial charge >= 0.3 is 20.0 Å². The van der Waals surface area contributed by atoms with Gasteiger partial charge in [-0.05, 0) is 17.1 Å². The van der Waals surface area contributed by atoms with E-state index in [1.165, 1.54) is 24.3 Å². The molecule has 0 saturated heterocycles. The summed E-state index contributed by atoms with van der Waals surface area (Å²) >= 11 is 0. The van der Waals surface area contributed by atoms with Crippen molar-refractivity contribution < 1.29 is 34.2 Å². The van der Waals surface area contributed by atoms with E-state index < -0.39 is 42.9 Å². The van der Waals surface area contributed by atoms with Crippen LogP contribution in [0.4, 0.5) is 11.4 Å². The summed E-state index contributed by atoms with van der Waals surface area (Å²) in [5, 5.41) is 31.3. The average Bonchev–Trinajstić information content (AvgIpc) is 2.49. The Labute approximate surface area is 137 Å². The summed E-state index contributed by atoms with van der Waals surface area (Å²) in [5.74, 6) is -3.99. The minimum atomic E-state index is -2.94. The molecule has 1 rings (SSSR count). The number of rotatable bonds is 10. The lowest BCUT2D eigenvalue weighted by Gasteiger charge is -2.15. The summed E-state index contributed by atoms with van der Waals surface area (Å²) in [6.07, 6.45) is -0.794. The molecule has 11 heteroatoms. The number of nitro groups is 1. The van der Waals surface area contributed by atoms with Crippen molar-refractivity contribution in [1.29, 1.82) is 0 Å². The Morgan fingerprint density at radius 2 is 1.92 bits per heavy atom. The Balaban J connectivity index is 2.93. The first-order chi connectivity index (χ1) is 11.2. The summed E-state index contributed by atoms with van der Waals surface area (Å²) in [4.78, 5) is 41.5. The highest BCUT2D eigenvalue weighted by Gasteiger charge is 2.42. The monoisotopic (exact) mass is 359 g/mol. The summed E-state index contributed by atoms with van der Waals surface area (Å²) in [6, 6.07) is 5.57. The zero-order chi connectivity index (χ0) is 18.3. The number of carbonyl (C=O) groups is 2. The van der Waals surface area contributed by atoms with Gasteiger partial charge in [-0.3, -0.25) is 19.7 Å². The summed E-state index contributed by atoms with van der Waals surface area (Å²) in [5.41, 5.74) is -1.48. The van der Waals surface area contributed by atoms with Gasteiger partial charge in [-0.25, -0.2) is 0 Å². The fourth-order valence-electron chi connectivity index (χ4n) is 2.13. The molecule has 0 heterocycles. The van der Waals surface area contributed by atoms with Gasteiger partial charge in [0.2, 0.25) is 5.66 Å². The number of anilines is 1. The molecule has 0 spiro atoms. The number of hydrogen-bond acceptors (Lipinski definition) is 6. The normalized spacial score (nSPS) is 13.6. The maximum absolute atomic E-state index is 11.5. The fraction of sp³-hybridized carbons (Fsp3) is 0.385. The van der Waals surface area contributed by atoms with Gasteiger partial charge in [-0.1, -0.05) is 12.1 Å². The standard InChI is InChI=1S/C13H15N2O8P/c16-12(17)6-5-8(13(18)19)11(24(22)23)7-14-9-3-1-2-4-10(9)15(20)21/h1-4,8,11,14H,5-7H2,(H2-,16,17,18,19,22,23)/p+1. The molecular formula is C13H16N2O8P+. The number of benzene rings is 1. The predicted molar refractivity (Wildman–Crippen MR) is 83.2 cm³/mol. The van der Waals surface area contributed by atoms with Gasteiger partial charge in [0.25, 0.3) is 5.69 Å². The van der Waals surface area contributed by atoms with Crippen LogP contribution in [0.25, 0.3) is 0 Å². The van der Waals surface area contributed by atoms with Crippen LogP contribution in [0, 0.1) is 16.0 Å². The van der Waals surface area contributed by atoms with Crippen LogP contribution in [0.3, 0.4) is 0 Å². The molecule has 0 aliphatic rings. The minimum absolute atomic E-state index is 0.0757. The van der Waals surface area contributed by atoms with Crippen LogP contribution in [0.15, 0.2) is 24.3 Å². The Morgan fingerprint density at radius 3 is 2.42 bits per heavy atom. The second kappa shape index (κ2) is 8.90. The van der Waals surface area contributed by atoms with Gasteiger partial charge in [0.15, 0.2) is 0 Å². The molecule has 3 atom stereocenters. The van der Waals surface area contributed by atoms with Crippen molar-refractivity contribution in [3.8, 4) is 0 Å². The zero-order valence-corrected chi connectivity index (χ0v) is 13.3. The van der Waals surface area contributed by atoms with Crippen LogP contribution in [-0.4, -0.2) is 44.2 Å². The van der Waals surface area contributed by atoms with Gasteiger partial charge in [-0.2, -0.15) is 4.89 Å². The number of carboxylic acid groups (broad SMARTS) is 2. The van der Waals surface area contributed by atoms with Crippen LogP contribution in [-0.2, 0) is 14.2 Å². The third-order valence-electron chi connectivity index (χ3n) is 3.34. The van der Waals surface area contributed by atoms with Crippen molar-refractivity contribution in [2.75, 3.05) is 11.9 Å². The van der Waals surface area contributed by atoms with Crippen molar-refractivity contribution in [2.45, 2.75) is 18.5 Å². The number of para-hydroxylation sites is 2. The SMILES string of the molecule is O=C(O)CCC(C(=O)O)C(CNc1ccccc1[N+](=O)[O-])[P+](=O)O. The van der Waals surface area contributed by atoms with Crippen LogP contribution in [0.1, 0.15) is 12.8 Å². The van der Waals surface area contributed by atoms with E-state index in [4.69, 9.17) is 5.11 Å². The van der Waals surface area contributed by atoms with E-state index >= 15 is 0 Å². The first-order valence-electron chi connectivity index (χ1n) is 6.81. The van der Waals surface area contributed by atoms with Crippen LogP contribution in [0.5, 0.6) is 0 Å². The second-order valence-corrected chi connectivity index (χ2v) is 6.17. The van der Waals surface area contributed by atoms with Crippen molar-refractivity contribution in [3.05, 3.63) is 34.4 Å². The van der Waals surface area contributed by atoms with Gasteiger partial charge in [0, 0.05) is 12.5 Å². The van der Waals surface area contributed by atoms with E-state index in [-0.39, 0.29) is 24.3 Å². The van der Waals surface area contributed by atoms with Gasteiger partial charge < -0.3 is 15.5 Å². The van der Waals surface area contributed by atoms with Crippen molar-refractivity contribution in [1.82, 2.24) is 0 Å². The summed E-state index contributed by atoms with van der Waals surface area (Å²) in [6.45, 7) is -0.326. The van der Waals surface area contributed by atoms with Crippen molar-refractivity contribution >= 4 is 31.3 Å². The molecule has 1 aromatic carbocycles. The van der Waals surface area contributed by atoms with E-state index in [0.29, 0.717) is 0 Å². The number of carboxylic acids is 2. The number of nitrogens with one attached hydrogen (secondary N) is 1. The minimum Gasteiger partial charge on any atom is -0.481 e. The molecule has 0 aliphatic heterocycles. The van der Waals surface area contributed by atoms with Crippen LogP contribution in [0.2, 0.25) is 0 Å². The van der Waals surface area contributed by atoms with Gasteiger partial charge in [-0.15, -0.1) is 0 Å². The zero-order valence-electron chi connectivity index (χ0n) is 12.4. The lowest BCUT2D eigenvalue weighted by Crippen LogP contribution is -2.32. The van der Waals surface area contributed by atoms with E-state index in [1.807, 2.05) is 0 Å². The van der Waals surface area contributed by atoms with Crippen LogP contribution >= 0.6 is 8.03 Å². The Kier molecular flexibility index (Phi) is 7.22. The Morgan fingerprint density at radius 1 is 1.29 bits per heavy atom. The lowest BCUT2D eigenvalue weighted by atomic mass is 9.99. The smallest absolute Gasteiger partial charge is 0.481 e. The van der Waals surface area contributed by atoms with E-state index in [9.17, 15) is 34.3 Å². The third-order valence-corrected chi connectivity index (χ3v) is 4.45. The third kappa shape index (κ3) is 5.56. The summed E-state index contributed by atoms with van der Waals surface area (Å²) < 4.78 is 11.5. The molecule has 0 amide bonds. The molecule has 1 aromatic rings. The van der Waals surface area contributed by atoms with Gasteiger partial charge in [0.05, 0.1) is 11.5 Å². The highest BCUT2D eigenvalue weighted by molar-refractivity contribution is 7.39.